The van der Waals surface area contributed by atoms with E-state index in [9.17, 15) is 28.8 Å². The second-order valence-electron chi connectivity index (χ2n) is 15.1. The molecule has 0 N–H and O–H groups in total. The summed E-state index contributed by atoms with van der Waals surface area (Å²) in [5.74, 6) is -5.19. The Hall–Kier alpha value is -5.91. The van der Waals surface area contributed by atoms with E-state index in [0.29, 0.717) is 22.8 Å². The maximum absolute atomic E-state index is 16.2. The third kappa shape index (κ3) is 13.3. The fraction of sp³-hybridized carbons (Fsp3) is 0.404. The van der Waals surface area contributed by atoms with E-state index in [2.05, 4.69) is 20.1 Å². The number of ether oxygens (including phenoxy) is 5. The van der Waals surface area contributed by atoms with Gasteiger partial charge in [-0.25, -0.2) is 23.6 Å². The molecule has 0 radical (unpaired) electrons. The maximum atomic E-state index is 16.2. The predicted octanol–water partition coefficient (Wildman–Crippen LogP) is 9.24. The van der Waals surface area contributed by atoms with Gasteiger partial charge in [-0.3, -0.25) is 9.59 Å². The molecule has 0 spiro atoms. The summed E-state index contributed by atoms with van der Waals surface area (Å²) in [7, 11) is 0. The van der Waals surface area contributed by atoms with Crippen LogP contribution in [0.4, 0.5) is 4.39 Å². The van der Waals surface area contributed by atoms with Crippen molar-refractivity contribution >= 4 is 35.4 Å². The zero-order chi connectivity index (χ0) is 43.2. The van der Waals surface area contributed by atoms with Gasteiger partial charge in [0.1, 0.15) is 36.3 Å². The van der Waals surface area contributed by atoms with Crippen LogP contribution in [0.25, 0.3) is 22.3 Å². The molecule has 3 aromatic rings. The monoisotopic (exact) mass is 812 g/mol. The molecule has 314 valence electrons. The van der Waals surface area contributed by atoms with Gasteiger partial charge < -0.3 is 23.7 Å². The topological polar surface area (TPSA) is 149 Å². The van der Waals surface area contributed by atoms with Gasteiger partial charge in [-0.05, 0) is 92.8 Å². The largest absolute Gasteiger partial charge is 0.493 e. The Morgan fingerprint density at radius 3 is 1.71 bits per heavy atom. The Morgan fingerprint density at radius 2 is 1.20 bits per heavy atom. The van der Waals surface area contributed by atoms with Crippen molar-refractivity contribution in [2.24, 2.45) is 11.8 Å². The number of ketones is 2. The van der Waals surface area contributed by atoms with Crippen LogP contribution in [-0.2, 0) is 38.2 Å². The maximum Gasteiger partial charge on any atom is 0.374 e. The number of halogens is 1. The first-order valence-electron chi connectivity index (χ1n) is 19.9. The Bertz CT molecular complexity index is 2030. The highest BCUT2D eigenvalue weighted by atomic mass is 19.1. The van der Waals surface area contributed by atoms with Gasteiger partial charge in [0.15, 0.2) is 0 Å². The lowest BCUT2D eigenvalue weighted by atomic mass is 9.77. The molecule has 0 atom stereocenters. The number of carbonyl (C=O) groups is 6. The van der Waals surface area contributed by atoms with E-state index in [1.807, 2.05) is 6.07 Å². The molecular formula is C47H53FO11. The first kappa shape index (κ1) is 45.8. The highest BCUT2D eigenvalue weighted by Crippen LogP contribution is 2.44. The van der Waals surface area contributed by atoms with Crippen molar-refractivity contribution in [3.05, 3.63) is 90.3 Å². The summed E-state index contributed by atoms with van der Waals surface area (Å²) < 4.78 is 43.6. The second kappa shape index (κ2) is 21.7. The summed E-state index contributed by atoms with van der Waals surface area (Å²) >= 11 is 0. The average molecular weight is 813 g/mol. The minimum Gasteiger partial charge on any atom is -0.493 e. The van der Waals surface area contributed by atoms with E-state index in [1.165, 1.54) is 51.7 Å². The number of hydrogen-bond donors (Lipinski definition) is 0. The zero-order valence-electron chi connectivity index (χ0n) is 34.5. The third-order valence-electron chi connectivity index (χ3n) is 10.1. The van der Waals surface area contributed by atoms with Gasteiger partial charge in [0.05, 0.1) is 12.5 Å². The van der Waals surface area contributed by atoms with Gasteiger partial charge in [0.2, 0.25) is 11.6 Å². The van der Waals surface area contributed by atoms with Crippen molar-refractivity contribution in [3.8, 4) is 39.5 Å². The van der Waals surface area contributed by atoms with Crippen LogP contribution in [0.1, 0.15) is 97.5 Å². The molecule has 0 bridgehead atoms. The Labute approximate surface area is 344 Å². The SMILES string of the molecule is C=C(C)C(=O)Oc1cc(-c2ccc(C3CCC(CCCCC)CC3)cc2F)c(OC(=O)C(=C)C)cc1-c1ccc(OCC(COC(=O)C(C)=O)COC(=O)C(C)=O)cc1. The van der Waals surface area contributed by atoms with Crippen LogP contribution in [0.2, 0.25) is 0 Å². The van der Waals surface area contributed by atoms with Crippen LogP contribution in [0.5, 0.6) is 17.2 Å². The number of hydrogen-bond acceptors (Lipinski definition) is 11. The third-order valence-corrected chi connectivity index (χ3v) is 10.1. The molecule has 11 nitrogen and oxygen atoms in total. The fourth-order valence-electron chi connectivity index (χ4n) is 6.69. The fourth-order valence-corrected chi connectivity index (χ4v) is 6.69. The molecule has 1 saturated carbocycles. The minimum absolute atomic E-state index is 0.00532. The quantitative estimate of drug-likeness (QED) is 0.0353. The molecule has 0 saturated heterocycles. The normalized spacial score (nSPS) is 14.8. The lowest BCUT2D eigenvalue weighted by Crippen LogP contribution is -2.28. The Kier molecular flexibility index (Phi) is 16.9. The zero-order valence-corrected chi connectivity index (χ0v) is 34.5. The van der Waals surface area contributed by atoms with Crippen molar-refractivity contribution < 1.29 is 56.8 Å². The summed E-state index contributed by atoms with van der Waals surface area (Å²) in [6.45, 7) is 13.9. The molecule has 4 rings (SSSR count). The van der Waals surface area contributed by atoms with Crippen LogP contribution < -0.4 is 14.2 Å². The molecule has 0 amide bonds. The molecule has 12 heteroatoms. The van der Waals surface area contributed by atoms with Gasteiger partial charge in [-0.2, -0.15) is 0 Å². The summed E-state index contributed by atoms with van der Waals surface area (Å²) in [6, 6.07) is 14.5. The van der Waals surface area contributed by atoms with Gasteiger partial charge >= 0.3 is 23.9 Å². The smallest absolute Gasteiger partial charge is 0.374 e. The van der Waals surface area contributed by atoms with Crippen LogP contribution >= 0.6 is 0 Å². The Morgan fingerprint density at radius 1 is 0.661 bits per heavy atom. The molecule has 1 aliphatic rings. The summed E-state index contributed by atoms with van der Waals surface area (Å²) in [5.41, 5.74) is 2.27. The molecule has 3 aromatic carbocycles. The number of esters is 4. The van der Waals surface area contributed by atoms with Gasteiger partial charge in [-0.15, -0.1) is 0 Å². The summed E-state index contributed by atoms with van der Waals surface area (Å²) in [6.07, 6.45) is 9.13. The van der Waals surface area contributed by atoms with E-state index < -0.39 is 47.2 Å². The van der Waals surface area contributed by atoms with E-state index >= 15 is 4.39 Å². The molecular weight excluding hydrogens is 760 g/mol. The summed E-state index contributed by atoms with van der Waals surface area (Å²) in [4.78, 5) is 72.1. The van der Waals surface area contributed by atoms with Crippen molar-refractivity contribution in [2.45, 2.75) is 91.9 Å². The number of rotatable bonds is 20. The molecule has 0 unspecified atom stereocenters. The van der Waals surface area contributed by atoms with Gasteiger partial charge in [0.25, 0.3) is 0 Å². The average Bonchev–Trinajstić information content (AvgIpc) is 3.21. The Balaban J connectivity index is 1.66. The van der Waals surface area contributed by atoms with Crippen molar-refractivity contribution in [2.75, 3.05) is 19.8 Å². The number of unbranched alkanes of at least 4 members (excludes halogenated alkanes) is 2. The van der Waals surface area contributed by atoms with Crippen LogP contribution in [-0.4, -0.2) is 55.3 Å². The highest BCUT2D eigenvalue weighted by Gasteiger charge is 2.26. The molecule has 59 heavy (non-hydrogen) atoms. The first-order chi connectivity index (χ1) is 28.1. The van der Waals surface area contributed by atoms with Crippen LogP contribution in [0.3, 0.4) is 0 Å². The second-order valence-corrected chi connectivity index (χ2v) is 15.1. The lowest BCUT2D eigenvalue weighted by molar-refractivity contribution is -0.158. The number of carbonyl (C=O) groups excluding carboxylic acids is 6. The van der Waals surface area contributed by atoms with Gasteiger partial charge in [-0.1, -0.05) is 70.0 Å². The van der Waals surface area contributed by atoms with Crippen molar-refractivity contribution in [3.63, 3.8) is 0 Å². The van der Waals surface area contributed by atoms with Crippen molar-refractivity contribution in [1.82, 2.24) is 0 Å². The standard InChI is InChI=1S/C47H53FO11/c1-8-9-10-11-32-12-14-34(15-13-32)36-18-21-38(41(48)22-36)40-24-42(58-44(51)28(2)3)39(23-43(40)59-45(52)29(4)5)35-16-19-37(20-17-35)55-25-33(26-56-46(53)30(6)49)27-57-47(54)31(7)50/h16-24,32-34H,2,4,8-15,25-27H2,1,3,5-7H3. The van der Waals surface area contributed by atoms with Crippen LogP contribution in [0.15, 0.2) is 78.9 Å². The van der Waals surface area contributed by atoms with E-state index in [1.54, 1.807) is 36.4 Å². The molecule has 1 fully saturated rings. The molecule has 1 aliphatic carbocycles. The van der Waals surface area contributed by atoms with Crippen molar-refractivity contribution in [1.29, 1.82) is 0 Å². The number of benzene rings is 3. The highest BCUT2D eigenvalue weighted by molar-refractivity contribution is 6.32. The first-order valence-corrected chi connectivity index (χ1v) is 19.9. The number of Topliss-reactive ketones (excluding diaryl/α,β-unsaturated/α-hetero) is 2. The van der Waals surface area contributed by atoms with E-state index in [-0.39, 0.29) is 59.5 Å². The molecule has 0 aromatic heterocycles. The minimum atomic E-state index is -1.08. The van der Waals surface area contributed by atoms with Crippen LogP contribution in [0, 0.1) is 17.7 Å². The lowest BCUT2D eigenvalue weighted by Gasteiger charge is -2.29. The van der Waals surface area contributed by atoms with E-state index in [0.717, 1.165) is 45.1 Å². The predicted molar refractivity (Wildman–Crippen MR) is 219 cm³/mol. The summed E-state index contributed by atoms with van der Waals surface area (Å²) in [5, 5.41) is 0. The van der Waals surface area contributed by atoms with E-state index in [4.69, 9.17) is 23.7 Å². The van der Waals surface area contributed by atoms with Gasteiger partial charge in [0, 0.05) is 41.7 Å². The molecule has 0 heterocycles. The molecule has 0 aliphatic heterocycles.